The van der Waals surface area contributed by atoms with Crippen LogP contribution >= 0.6 is 11.6 Å². The van der Waals surface area contributed by atoms with E-state index in [1.54, 1.807) is 29.2 Å². The molecular weight excluding hydrogens is 302 g/mol. The van der Waals surface area contributed by atoms with E-state index in [0.29, 0.717) is 23.8 Å². The van der Waals surface area contributed by atoms with E-state index in [4.69, 9.17) is 11.6 Å². The molecule has 22 heavy (non-hydrogen) atoms. The molecule has 1 saturated heterocycles. The van der Waals surface area contributed by atoms with Crippen molar-refractivity contribution in [1.29, 1.82) is 0 Å². The zero-order chi connectivity index (χ0) is 16.1. The number of likely N-dealkylation sites (tertiary alicyclic amines) is 1. The number of amides is 3. The molecule has 0 saturated carbocycles. The van der Waals surface area contributed by atoms with Crippen molar-refractivity contribution >= 4 is 29.2 Å². The smallest absolute Gasteiger partial charge is 0.321 e. The molecule has 2 N–H and O–H groups in total. The highest BCUT2D eigenvalue weighted by atomic mass is 35.5. The summed E-state index contributed by atoms with van der Waals surface area (Å²) in [6.45, 7) is 5.02. The summed E-state index contributed by atoms with van der Waals surface area (Å²) in [7, 11) is 0. The van der Waals surface area contributed by atoms with Crippen LogP contribution in [-0.4, -0.2) is 36.0 Å². The van der Waals surface area contributed by atoms with Crippen LogP contribution in [0, 0.1) is 5.92 Å². The predicted molar refractivity (Wildman–Crippen MR) is 88.0 cm³/mol. The van der Waals surface area contributed by atoms with Gasteiger partial charge in [-0.1, -0.05) is 31.5 Å². The van der Waals surface area contributed by atoms with Gasteiger partial charge in [-0.05, 0) is 31.0 Å². The molecule has 0 aromatic heterocycles. The molecule has 0 spiro atoms. The molecular formula is C16H22ClN3O2. The van der Waals surface area contributed by atoms with Crippen LogP contribution in [-0.2, 0) is 4.79 Å². The van der Waals surface area contributed by atoms with Crippen molar-refractivity contribution in [3.05, 3.63) is 29.3 Å². The number of nitrogens with one attached hydrogen (secondary N) is 2. The maximum absolute atomic E-state index is 12.2. The second-order valence-corrected chi connectivity index (χ2v) is 6.30. The van der Waals surface area contributed by atoms with Gasteiger partial charge in [0.1, 0.15) is 0 Å². The number of nitrogens with zero attached hydrogens (tertiary/aromatic N) is 1. The molecule has 1 heterocycles. The van der Waals surface area contributed by atoms with Crippen LogP contribution in [0.25, 0.3) is 0 Å². The van der Waals surface area contributed by atoms with Crippen molar-refractivity contribution in [2.75, 3.05) is 18.4 Å². The number of benzene rings is 1. The largest absolute Gasteiger partial charge is 0.353 e. The number of rotatable bonds is 3. The Balaban J connectivity index is 1.81. The number of carbonyl (C=O) groups excluding carboxylic acids is 2. The van der Waals surface area contributed by atoms with E-state index in [1.807, 2.05) is 13.8 Å². The van der Waals surface area contributed by atoms with Gasteiger partial charge < -0.3 is 15.5 Å². The fourth-order valence-corrected chi connectivity index (χ4v) is 2.55. The molecule has 1 aromatic rings. The average molecular weight is 324 g/mol. The third-order valence-electron chi connectivity index (χ3n) is 3.73. The second kappa shape index (κ2) is 7.49. The van der Waals surface area contributed by atoms with E-state index in [9.17, 15) is 9.59 Å². The lowest BCUT2D eigenvalue weighted by Crippen LogP contribution is -2.48. The number of hydrogen-bond donors (Lipinski definition) is 2. The summed E-state index contributed by atoms with van der Waals surface area (Å²) >= 11 is 5.90. The first-order valence-corrected chi connectivity index (χ1v) is 7.95. The molecule has 0 aliphatic carbocycles. The van der Waals surface area contributed by atoms with Gasteiger partial charge in [-0.3, -0.25) is 4.79 Å². The van der Waals surface area contributed by atoms with Gasteiger partial charge in [-0.2, -0.15) is 0 Å². The molecule has 2 rings (SSSR count). The van der Waals surface area contributed by atoms with Gasteiger partial charge in [-0.25, -0.2) is 4.79 Å². The van der Waals surface area contributed by atoms with Gasteiger partial charge in [0.25, 0.3) is 0 Å². The van der Waals surface area contributed by atoms with Gasteiger partial charge in [0.05, 0.1) is 0 Å². The minimum absolute atomic E-state index is 0.0100. The van der Waals surface area contributed by atoms with Crippen LogP contribution in [0.15, 0.2) is 24.3 Å². The maximum Gasteiger partial charge on any atom is 0.321 e. The molecule has 0 radical (unpaired) electrons. The minimum atomic E-state index is -0.129. The molecule has 0 unspecified atom stereocenters. The van der Waals surface area contributed by atoms with Crippen molar-refractivity contribution < 1.29 is 9.59 Å². The molecule has 120 valence electrons. The lowest BCUT2D eigenvalue weighted by Gasteiger charge is -2.32. The van der Waals surface area contributed by atoms with E-state index in [2.05, 4.69) is 10.6 Å². The average Bonchev–Trinajstić information content (AvgIpc) is 2.47. The lowest BCUT2D eigenvalue weighted by atomic mass is 10.0. The third-order valence-corrected chi connectivity index (χ3v) is 3.96. The van der Waals surface area contributed by atoms with Crippen LogP contribution in [0.4, 0.5) is 10.5 Å². The first-order chi connectivity index (χ1) is 10.5. The third kappa shape index (κ3) is 4.63. The minimum Gasteiger partial charge on any atom is -0.353 e. The Morgan fingerprint density at radius 3 is 2.55 bits per heavy atom. The summed E-state index contributed by atoms with van der Waals surface area (Å²) in [6, 6.07) is 7.11. The molecule has 0 bridgehead atoms. The highest BCUT2D eigenvalue weighted by Gasteiger charge is 2.24. The van der Waals surface area contributed by atoms with Crippen LogP contribution in [0.1, 0.15) is 26.7 Å². The van der Waals surface area contributed by atoms with Crippen molar-refractivity contribution in [3.8, 4) is 0 Å². The normalized spacial score (nSPS) is 15.7. The number of piperidine rings is 1. The first kappa shape index (κ1) is 16.6. The SMILES string of the molecule is CC(C)C(=O)NC1CCN(C(=O)Nc2cccc(Cl)c2)CC1. The molecule has 5 nitrogen and oxygen atoms in total. The van der Waals surface area contributed by atoms with E-state index >= 15 is 0 Å². The zero-order valence-corrected chi connectivity index (χ0v) is 13.7. The van der Waals surface area contributed by atoms with Gasteiger partial charge in [0.15, 0.2) is 0 Å². The van der Waals surface area contributed by atoms with Crippen LogP contribution in [0.5, 0.6) is 0 Å². The number of carbonyl (C=O) groups is 2. The monoisotopic (exact) mass is 323 g/mol. The Hall–Kier alpha value is -1.75. The van der Waals surface area contributed by atoms with Gasteiger partial charge in [0.2, 0.25) is 5.91 Å². The Morgan fingerprint density at radius 2 is 1.95 bits per heavy atom. The van der Waals surface area contributed by atoms with Crippen LogP contribution in [0.2, 0.25) is 5.02 Å². The Morgan fingerprint density at radius 1 is 1.27 bits per heavy atom. The lowest BCUT2D eigenvalue weighted by molar-refractivity contribution is -0.124. The van der Waals surface area contributed by atoms with Gasteiger partial charge in [0, 0.05) is 35.8 Å². The highest BCUT2D eigenvalue weighted by molar-refractivity contribution is 6.30. The topological polar surface area (TPSA) is 61.4 Å². The molecule has 1 aliphatic heterocycles. The number of halogens is 1. The summed E-state index contributed by atoms with van der Waals surface area (Å²) in [6.07, 6.45) is 1.56. The zero-order valence-electron chi connectivity index (χ0n) is 12.9. The van der Waals surface area contributed by atoms with E-state index < -0.39 is 0 Å². The summed E-state index contributed by atoms with van der Waals surface area (Å²) in [4.78, 5) is 25.6. The van der Waals surface area contributed by atoms with Crippen molar-refractivity contribution in [2.24, 2.45) is 5.92 Å². The molecule has 0 atom stereocenters. The van der Waals surface area contributed by atoms with Crippen LogP contribution < -0.4 is 10.6 Å². The van der Waals surface area contributed by atoms with Gasteiger partial charge >= 0.3 is 6.03 Å². The maximum atomic E-state index is 12.2. The Labute approximate surface area is 136 Å². The van der Waals surface area contributed by atoms with E-state index in [-0.39, 0.29) is 23.9 Å². The number of urea groups is 1. The molecule has 6 heteroatoms. The first-order valence-electron chi connectivity index (χ1n) is 7.57. The highest BCUT2D eigenvalue weighted by Crippen LogP contribution is 2.17. The molecule has 1 aliphatic rings. The van der Waals surface area contributed by atoms with Crippen molar-refractivity contribution in [3.63, 3.8) is 0 Å². The van der Waals surface area contributed by atoms with E-state index in [0.717, 1.165) is 12.8 Å². The quantitative estimate of drug-likeness (QED) is 0.897. The van der Waals surface area contributed by atoms with E-state index in [1.165, 1.54) is 0 Å². The second-order valence-electron chi connectivity index (χ2n) is 5.87. The predicted octanol–water partition coefficient (Wildman–Crippen LogP) is 3.11. The van der Waals surface area contributed by atoms with Crippen molar-refractivity contribution in [1.82, 2.24) is 10.2 Å². The fourth-order valence-electron chi connectivity index (χ4n) is 2.36. The Bertz CT molecular complexity index is 540. The molecule has 1 aromatic carbocycles. The Kier molecular flexibility index (Phi) is 5.66. The van der Waals surface area contributed by atoms with Crippen LogP contribution in [0.3, 0.4) is 0 Å². The van der Waals surface area contributed by atoms with Gasteiger partial charge in [-0.15, -0.1) is 0 Å². The van der Waals surface area contributed by atoms with Crippen molar-refractivity contribution in [2.45, 2.75) is 32.7 Å². The summed E-state index contributed by atoms with van der Waals surface area (Å²) < 4.78 is 0. The molecule has 1 fully saturated rings. The summed E-state index contributed by atoms with van der Waals surface area (Å²) in [5, 5.41) is 6.45. The molecule has 3 amide bonds. The number of hydrogen-bond acceptors (Lipinski definition) is 2. The summed E-state index contributed by atoms with van der Waals surface area (Å²) in [5.41, 5.74) is 0.688. The summed E-state index contributed by atoms with van der Waals surface area (Å²) in [5.74, 6) is 0.0611. The number of anilines is 1. The standard InChI is InChI=1S/C16H22ClN3O2/c1-11(2)15(21)18-13-6-8-20(9-7-13)16(22)19-14-5-3-4-12(17)10-14/h3-5,10-11,13H,6-9H2,1-2H3,(H,18,21)(H,19,22). The fraction of sp³-hybridized carbons (Fsp3) is 0.500.